The zero-order chi connectivity index (χ0) is 34.2. The number of imide groups is 1. The van der Waals surface area contributed by atoms with Crippen molar-refractivity contribution in [3.63, 3.8) is 0 Å². The van der Waals surface area contributed by atoms with Gasteiger partial charge in [0.1, 0.15) is 5.75 Å². The number of rotatable bonds is 16. The zero-order valence-electron chi connectivity index (χ0n) is 27.8. The lowest BCUT2D eigenvalue weighted by molar-refractivity contribution is -0.122. The van der Waals surface area contributed by atoms with E-state index in [1.807, 2.05) is 0 Å². The van der Waals surface area contributed by atoms with Gasteiger partial charge in [-0.05, 0) is 43.0 Å². The summed E-state index contributed by atoms with van der Waals surface area (Å²) in [6, 6.07) is 12.9. The number of unbranched alkanes of at least 4 members (excludes halogenated alkanes) is 7. The first-order valence-corrected chi connectivity index (χ1v) is 17.2. The molecule has 1 aliphatic heterocycles. The Balaban J connectivity index is 1.28. The largest absolute Gasteiger partial charge is 0.506 e. The third kappa shape index (κ3) is 8.21. The molecule has 254 valence electrons. The summed E-state index contributed by atoms with van der Waals surface area (Å²) in [7, 11) is 0. The molecule has 1 atom stereocenters. The summed E-state index contributed by atoms with van der Waals surface area (Å²) < 4.78 is 5.51. The molecule has 5 rings (SSSR count). The number of aromatic hydroxyl groups is 1. The fraction of sp³-hybridized carbons (Fsp3) is 0.447. The van der Waals surface area contributed by atoms with E-state index in [2.05, 4.69) is 17.6 Å². The van der Waals surface area contributed by atoms with Crippen LogP contribution in [0.15, 0.2) is 48.5 Å². The third-order valence-electron chi connectivity index (χ3n) is 9.07. The van der Waals surface area contributed by atoms with Gasteiger partial charge in [0.2, 0.25) is 17.7 Å². The van der Waals surface area contributed by atoms with Gasteiger partial charge in [-0.25, -0.2) is 9.69 Å². The molecule has 0 aromatic heterocycles. The standard InChI is InChI=1S/C38H45N3O7/c1-3-4-5-6-7-8-9-12-19-48-38(47)26-17-18-27(31(21-26)40-35(44)25-15-16-25)23-39-36(45)30-22-32(41-33(42)20-24(2)37(41)46)28-13-10-11-14-29(28)34(30)43/h10-11,13-14,17-18,21-22,24-25,43H,3-9,12,15-16,19-20,23H2,1-2H3,(H,39,45)(H,40,44). The Kier molecular flexibility index (Phi) is 11.5. The summed E-state index contributed by atoms with van der Waals surface area (Å²) in [5.74, 6) is -2.87. The maximum Gasteiger partial charge on any atom is 0.338 e. The molecule has 0 radical (unpaired) electrons. The lowest BCUT2D eigenvalue weighted by Gasteiger charge is -2.20. The van der Waals surface area contributed by atoms with Gasteiger partial charge in [-0.15, -0.1) is 0 Å². The molecular weight excluding hydrogens is 610 g/mol. The van der Waals surface area contributed by atoms with Gasteiger partial charge in [-0.1, -0.05) is 89.1 Å². The number of benzene rings is 3. The molecule has 0 bridgehead atoms. The van der Waals surface area contributed by atoms with Crippen LogP contribution in [-0.2, 0) is 25.7 Å². The van der Waals surface area contributed by atoms with Crippen molar-refractivity contribution in [2.24, 2.45) is 11.8 Å². The van der Waals surface area contributed by atoms with Crippen molar-refractivity contribution < 1.29 is 33.8 Å². The summed E-state index contributed by atoms with van der Waals surface area (Å²) >= 11 is 0. The van der Waals surface area contributed by atoms with Gasteiger partial charge in [0, 0.05) is 41.3 Å². The van der Waals surface area contributed by atoms with Gasteiger partial charge >= 0.3 is 5.97 Å². The number of amides is 4. The smallest absolute Gasteiger partial charge is 0.338 e. The van der Waals surface area contributed by atoms with Crippen LogP contribution in [0.1, 0.15) is 111 Å². The van der Waals surface area contributed by atoms with Crippen LogP contribution in [-0.4, -0.2) is 41.3 Å². The van der Waals surface area contributed by atoms with Crippen LogP contribution in [0, 0.1) is 11.8 Å². The summed E-state index contributed by atoms with van der Waals surface area (Å²) in [6.45, 7) is 4.16. The van der Waals surface area contributed by atoms with E-state index >= 15 is 0 Å². The number of nitrogens with zero attached hydrogens (tertiary/aromatic N) is 1. The zero-order valence-corrected chi connectivity index (χ0v) is 27.8. The molecular formula is C38H45N3O7. The van der Waals surface area contributed by atoms with Gasteiger partial charge in [-0.2, -0.15) is 0 Å². The first kappa shape index (κ1) is 34.6. The van der Waals surface area contributed by atoms with Crippen LogP contribution in [0.3, 0.4) is 0 Å². The average molecular weight is 656 g/mol. The third-order valence-corrected chi connectivity index (χ3v) is 9.07. The first-order chi connectivity index (χ1) is 23.2. The summed E-state index contributed by atoms with van der Waals surface area (Å²) in [5, 5.41) is 17.6. The van der Waals surface area contributed by atoms with Gasteiger partial charge in [0.25, 0.3) is 5.91 Å². The molecule has 1 saturated heterocycles. The predicted octanol–water partition coefficient (Wildman–Crippen LogP) is 7.02. The van der Waals surface area contributed by atoms with Gasteiger partial charge < -0.3 is 20.5 Å². The van der Waals surface area contributed by atoms with Crippen molar-refractivity contribution in [1.29, 1.82) is 0 Å². The predicted molar refractivity (Wildman–Crippen MR) is 184 cm³/mol. The van der Waals surface area contributed by atoms with Crippen LogP contribution in [0.5, 0.6) is 5.75 Å². The number of hydrogen-bond donors (Lipinski definition) is 3. The Hall–Kier alpha value is -4.73. The monoisotopic (exact) mass is 655 g/mol. The van der Waals surface area contributed by atoms with Crippen molar-refractivity contribution >= 4 is 51.7 Å². The van der Waals surface area contributed by atoms with Crippen LogP contribution in [0.4, 0.5) is 11.4 Å². The van der Waals surface area contributed by atoms with E-state index < -0.39 is 17.8 Å². The molecule has 4 amide bonds. The number of nitrogens with one attached hydrogen (secondary N) is 2. The molecule has 3 aromatic carbocycles. The number of hydrogen-bond acceptors (Lipinski definition) is 7. The highest BCUT2D eigenvalue weighted by molar-refractivity contribution is 6.25. The molecule has 2 aliphatic rings. The second-order valence-corrected chi connectivity index (χ2v) is 12.9. The normalized spacial score (nSPS) is 16.0. The molecule has 2 fully saturated rings. The van der Waals surface area contributed by atoms with E-state index in [9.17, 15) is 29.1 Å². The Labute approximate surface area is 281 Å². The van der Waals surface area contributed by atoms with E-state index in [4.69, 9.17) is 4.74 Å². The summed E-state index contributed by atoms with van der Waals surface area (Å²) in [4.78, 5) is 65.9. The van der Waals surface area contributed by atoms with Crippen molar-refractivity contribution in [3.8, 4) is 5.75 Å². The Bertz CT molecular complexity index is 1700. The van der Waals surface area contributed by atoms with Crippen molar-refractivity contribution in [1.82, 2.24) is 5.32 Å². The van der Waals surface area contributed by atoms with E-state index in [0.717, 1.165) is 37.0 Å². The number of phenols is 1. The molecule has 1 aliphatic carbocycles. The van der Waals surface area contributed by atoms with Crippen LogP contribution >= 0.6 is 0 Å². The molecule has 0 spiro atoms. The number of ether oxygens (including phenoxy) is 1. The maximum absolute atomic E-state index is 13.5. The van der Waals surface area contributed by atoms with E-state index in [1.54, 1.807) is 49.4 Å². The molecule has 48 heavy (non-hydrogen) atoms. The highest BCUT2D eigenvalue weighted by Gasteiger charge is 2.38. The van der Waals surface area contributed by atoms with Gasteiger partial charge in [0.15, 0.2) is 0 Å². The number of carbonyl (C=O) groups is 5. The number of phenolic OH excluding ortho intramolecular Hbond substituents is 1. The lowest BCUT2D eigenvalue weighted by Crippen LogP contribution is -2.31. The average Bonchev–Trinajstić information content (AvgIpc) is 3.90. The number of carbonyl (C=O) groups excluding carboxylic acids is 5. The molecule has 1 unspecified atom stereocenters. The van der Waals surface area contributed by atoms with Gasteiger partial charge in [-0.3, -0.25) is 19.2 Å². The molecule has 3 aromatic rings. The lowest BCUT2D eigenvalue weighted by atomic mass is 10.0. The summed E-state index contributed by atoms with van der Waals surface area (Å²) in [5.41, 5.74) is 1.37. The number of esters is 1. The SMILES string of the molecule is CCCCCCCCCCOC(=O)c1ccc(CNC(=O)c2cc(N3C(=O)CC(C)C3=O)c3ccccc3c2O)c(NC(=O)C2CC2)c1. The van der Waals surface area contributed by atoms with Crippen molar-refractivity contribution in [2.75, 3.05) is 16.8 Å². The minimum atomic E-state index is -0.639. The van der Waals surface area contributed by atoms with Crippen LogP contribution in [0.2, 0.25) is 0 Å². The van der Waals surface area contributed by atoms with Gasteiger partial charge in [0.05, 0.1) is 23.4 Å². The maximum atomic E-state index is 13.5. The van der Waals surface area contributed by atoms with Crippen LogP contribution < -0.4 is 15.5 Å². The number of anilines is 2. The minimum Gasteiger partial charge on any atom is -0.506 e. The molecule has 1 heterocycles. The Morgan fingerprint density at radius 3 is 2.27 bits per heavy atom. The minimum absolute atomic E-state index is 0.0348. The van der Waals surface area contributed by atoms with Crippen molar-refractivity contribution in [3.05, 3.63) is 65.2 Å². The Morgan fingerprint density at radius 2 is 1.60 bits per heavy atom. The highest BCUT2D eigenvalue weighted by Crippen LogP contribution is 2.39. The van der Waals surface area contributed by atoms with E-state index in [1.165, 1.54) is 38.2 Å². The number of fused-ring (bicyclic) bond motifs is 1. The summed E-state index contributed by atoms with van der Waals surface area (Å²) in [6.07, 6.45) is 10.7. The molecule has 10 nitrogen and oxygen atoms in total. The van der Waals surface area contributed by atoms with Crippen LogP contribution in [0.25, 0.3) is 10.8 Å². The molecule has 1 saturated carbocycles. The fourth-order valence-electron chi connectivity index (χ4n) is 6.04. The second kappa shape index (κ2) is 15.9. The van der Waals surface area contributed by atoms with Crippen molar-refractivity contribution in [2.45, 2.75) is 91.0 Å². The molecule has 10 heteroatoms. The van der Waals surface area contributed by atoms with E-state index in [-0.39, 0.29) is 53.6 Å². The second-order valence-electron chi connectivity index (χ2n) is 12.9. The topological polar surface area (TPSA) is 142 Å². The molecule has 3 N–H and O–H groups in total. The highest BCUT2D eigenvalue weighted by atomic mass is 16.5. The first-order valence-electron chi connectivity index (χ1n) is 17.2. The fourth-order valence-corrected chi connectivity index (χ4v) is 6.04. The Morgan fingerprint density at radius 1 is 0.917 bits per heavy atom. The quantitative estimate of drug-likeness (QED) is 0.0855. The van der Waals surface area contributed by atoms with E-state index in [0.29, 0.717) is 34.2 Å².